The van der Waals surface area contributed by atoms with E-state index in [1.54, 1.807) is 6.07 Å². The summed E-state index contributed by atoms with van der Waals surface area (Å²) in [6.07, 6.45) is 1.23. The Labute approximate surface area is 122 Å². The molecule has 2 rings (SSSR count). The molecule has 0 bridgehead atoms. The van der Waals surface area contributed by atoms with Gasteiger partial charge in [-0.05, 0) is 18.6 Å². The molecule has 0 saturated heterocycles. The van der Waals surface area contributed by atoms with Crippen molar-refractivity contribution in [2.24, 2.45) is 0 Å². The minimum Gasteiger partial charge on any atom is -0.352 e. The van der Waals surface area contributed by atoms with Crippen molar-refractivity contribution in [2.45, 2.75) is 26.7 Å². The van der Waals surface area contributed by atoms with Crippen LogP contribution in [0.3, 0.4) is 0 Å². The maximum atomic E-state index is 12.1. The number of carbonyl (C=O) groups excluding carboxylic acids is 1. The zero-order valence-corrected chi connectivity index (χ0v) is 12.2. The molecule has 0 aliphatic carbocycles. The Balaban J connectivity index is 1.92. The average molecular weight is 294 g/mol. The highest BCUT2D eigenvalue weighted by Crippen LogP contribution is 2.19. The highest BCUT2D eigenvalue weighted by Gasteiger charge is 2.13. The second-order valence-corrected chi connectivity index (χ2v) is 4.80. The van der Waals surface area contributed by atoms with Crippen molar-refractivity contribution < 1.29 is 9.32 Å². The molecule has 0 atom stereocenters. The van der Waals surface area contributed by atoms with E-state index >= 15 is 0 Å². The molecule has 0 spiro atoms. The third kappa shape index (κ3) is 3.36. The molecule has 0 aliphatic rings. The first-order chi connectivity index (χ1) is 9.61. The van der Waals surface area contributed by atoms with Crippen LogP contribution in [0.15, 0.2) is 22.7 Å². The summed E-state index contributed by atoms with van der Waals surface area (Å²) in [6, 6.07) is 5.38. The summed E-state index contributed by atoms with van der Waals surface area (Å²) in [5.74, 6) is 1.01. The van der Waals surface area contributed by atoms with Gasteiger partial charge in [-0.25, -0.2) is 0 Å². The lowest BCUT2D eigenvalue weighted by Crippen LogP contribution is -2.27. The van der Waals surface area contributed by atoms with Gasteiger partial charge in [0.25, 0.3) is 5.91 Å². The van der Waals surface area contributed by atoms with Gasteiger partial charge in [-0.2, -0.15) is 4.98 Å². The van der Waals surface area contributed by atoms with Crippen molar-refractivity contribution in [1.82, 2.24) is 15.5 Å². The standard InChI is InChI=1S/C14H16ClN3O2/c1-3-12-17-11(18-20-12)7-8-16-14(19)13-9(2)5-4-6-10(13)15/h4-6H,3,7-8H2,1-2H3,(H,16,19). The van der Waals surface area contributed by atoms with Crippen LogP contribution in [-0.4, -0.2) is 22.6 Å². The monoisotopic (exact) mass is 293 g/mol. The predicted octanol–water partition coefficient (Wildman–Crippen LogP) is 2.57. The van der Waals surface area contributed by atoms with Gasteiger partial charge < -0.3 is 9.84 Å². The molecule has 1 N–H and O–H groups in total. The van der Waals surface area contributed by atoms with E-state index in [1.165, 1.54) is 0 Å². The SMILES string of the molecule is CCc1nc(CCNC(=O)c2c(C)cccc2Cl)no1. The first-order valence-corrected chi connectivity index (χ1v) is 6.84. The summed E-state index contributed by atoms with van der Waals surface area (Å²) in [5, 5.41) is 7.09. The van der Waals surface area contributed by atoms with Crippen LogP contribution in [0.25, 0.3) is 0 Å². The first-order valence-electron chi connectivity index (χ1n) is 6.46. The van der Waals surface area contributed by atoms with Crippen molar-refractivity contribution in [1.29, 1.82) is 0 Å². The fraction of sp³-hybridized carbons (Fsp3) is 0.357. The van der Waals surface area contributed by atoms with Crippen LogP contribution in [-0.2, 0) is 12.8 Å². The Morgan fingerprint density at radius 2 is 2.25 bits per heavy atom. The van der Waals surface area contributed by atoms with E-state index in [1.807, 2.05) is 26.0 Å². The van der Waals surface area contributed by atoms with Gasteiger partial charge in [-0.15, -0.1) is 0 Å². The number of halogens is 1. The van der Waals surface area contributed by atoms with Crippen LogP contribution in [0.2, 0.25) is 5.02 Å². The van der Waals surface area contributed by atoms with E-state index in [0.29, 0.717) is 41.7 Å². The molecule has 0 unspecified atom stereocenters. The number of nitrogens with one attached hydrogen (secondary N) is 1. The molecule has 1 aromatic carbocycles. The molecule has 1 amide bonds. The molecule has 2 aromatic rings. The summed E-state index contributed by atoms with van der Waals surface area (Å²) >= 11 is 6.04. The maximum absolute atomic E-state index is 12.1. The van der Waals surface area contributed by atoms with E-state index in [-0.39, 0.29) is 5.91 Å². The Morgan fingerprint density at radius 3 is 2.90 bits per heavy atom. The lowest BCUT2D eigenvalue weighted by Gasteiger charge is -2.08. The number of nitrogens with zero attached hydrogens (tertiary/aromatic N) is 2. The number of amides is 1. The molecular formula is C14H16ClN3O2. The van der Waals surface area contributed by atoms with E-state index in [4.69, 9.17) is 16.1 Å². The van der Waals surface area contributed by atoms with Crippen LogP contribution < -0.4 is 5.32 Å². The lowest BCUT2D eigenvalue weighted by atomic mass is 10.1. The maximum Gasteiger partial charge on any atom is 0.253 e. The molecule has 1 heterocycles. The average Bonchev–Trinajstić information content (AvgIpc) is 2.86. The molecule has 1 aromatic heterocycles. The van der Waals surface area contributed by atoms with Gasteiger partial charge in [-0.3, -0.25) is 4.79 Å². The van der Waals surface area contributed by atoms with E-state index in [0.717, 1.165) is 5.56 Å². The first kappa shape index (κ1) is 14.5. The van der Waals surface area contributed by atoms with E-state index < -0.39 is 0 Å². The van der Waals surface area contributed by atoms with Gasteiger partial charge in [0, 0.05) is 19.4 Å². The van der Waals surface area contributed by atoms with E-state index in [9.17, 15) is 4.79 Å². The Hall–Kier alpha value is -1.88. The van der Waals surface area contributed by atoms with Crippen LogP contribution >= 0.6 is 11.6 Å². The predicted molar refractivity (Wildman–Crippen MR) is 75.9 cm³/mol. The number of aryl methyl sites for hydroxylation is 2. The number of aromatic nitrogens is 2. The number of benzene rings is 1. The number of carbonyl (C=O) groups is 1. The summed E-state index contributed by atoms with van der Waals surface area (Å²) in [7, 11) is 0. The van der Waals surface area contributed by atoms with Crippen molar-refractivity contribution in [2.75, 3.05) is 6.54 Å². The second kappa shape index (κ2) is 6.52. The summed E-state index contributed by atoms with van der Waals surface area (Å²) < 4.78 is 5.00. The van der Waals surface area contributed by atoms with Gasteiger partial charge >= 0.3 is 0 Å². The van der Waals surface area contributed by atoms with E-state index in [2.05, 4.69) is 15.5 Å². The van der Waals surface area contributed by atoms with Crippen molar-refractivity contribution in [3.8, 4) is 0 Å². The second-order valence-electron chi connectivity index (χ2n) is 4.40. The van der Waals surface area contributed by atoms with Gasteiger partial charge in [0.1, 0.15) is 0 Å². The molecule has 20 heavy (non-hydrogen) atoms. The highest BCUT2D eigenvalue weighted by molar-refractivity contribution is 6.34. The smallest absolute Gasteiger partial charge is 0.253 e. The quantitative estimate of drug-likeness (QED) is 0.920. The molecule has 0 radical (unpaired) electrons. The fourth-order valence-corrected chi connectivity index (χ4v) is 2.14. The van der Waals surface area contributed by atoms with Gasteiger partial charge in [0.15, 0.2) is 5.82 Å². The third-order valence-corrected chi connectivity index (χ3v) is 3.21. The van der Waals surface area contributed by atoms with Crippen LogP contribution in [0.5, 0.6) is 0 Å². The topological polar surface area (TPSA) is 68.0 Å². The number of hydrogen-bond donors (Lipinski definition) is 1. The van der Waals surface area contributed by atoms with Gasteiger partial charge in [0.05, 0.1) is 10.6 Å². The molecule has 6 heteroatoms. The Bertz CT molecular complexity index is 590. The molecule has 0 saturated carbocycles. The Morgan fingerprint density at radius 1 is 1.45 bits per heavy atom. The molecule has 0 fully saturated rings. The summed E-state index contributed by atoms with van der Waals surface area (Å²) in [4.78, 5) is 16.3. The molecular weight excluding hydrogens is 278 g/mol. The van der Waals surface area contributed by atoms with Gasteiger partial charge in [0.2, 0.25) is 5.89 Å². The minimum atomic E-state index is -0.188. The van der Waals surface area contributed by atoms with Crippen molar-refractivity contribution in [3.63, 3.8) is 0 Å². The van der Waals surface area contributed by atoms with Crippen LogP contribution in [0.4, 0.5) is 0 Å². The largest absolute Gasteiger partial charge is 0.352 e. The zero-order valence-electron chi connectivity index (χ0n) is 11.4. The summed E-state index contributed by atoms with van der Waals surface area (Å²) in [6.45, 7) is 4.24. The highest BCUT2D eigenvalue weighted by atomic mass is 35.5. The number of rotatable bonds is 5. The number of hydrogen-bond acceptors (Lipinski definition) is 4. The van der Waals surface area contributed by atoms with Gasteiger partial charge in [-0.1, -0.05) is 35.8 Å². The lowest BCUT2D eigenvalue weighted by molar-refractivity contribution is 0.0953. The molecule has 5 nitrogen and oxygen atoms in total. The van der Waals surface area contributed by atoms with Crippen LogP contribution in [0.1, 0.15) is 34.6 Å². The third-order valence-electron chi connectivity index (χ3n) is 2.90. The van der Waals surface area contributed by atoms with Crippen molar-refractivity contribution >= 4 is 17.5 Å². The van der Waals surface area contributed by atoms with Crippen molar-refractivity contribution in [3.05, 3.63) is 46.1 Å². The molecule has 0 aliphatic heterocycles. The molecule has 106 valence electrons. The fourth-order valence-electron chi connectivity index (χ4n) is 1.83. The summed E-state index contributed by atoms with van der Waals surface area (Å²) in [5.41, 5.74) is 1.36. The zero-order chi connectivity index (χ0) is 14.5. The van der Waals surface area contributed by atoms with Crippen LogP contribution in [0, 0.1) is 6.92 Å². The Kier molecular flexibility index (Phi) is 4.74. The minimum absolute atomic E-state index is 0.188. The normalized spacial score (nSPS) is 10.6.